The van der Waals surface area contributed by atoms with Crippen LogP contribution in [0.2, 0.25) is 0 Å². The maximum Gasteiger partial charge on any atom is 0.343 e. The van der Waals surface area contributed by atoms with E-state index in [1.807, 2.05) is 30.3 Å². The molecule has 56 heavy (non-hydrogen) atoms. The first-order valence-electron chi connectivity index (χ1n) is 20.4. The Morgan fingerprint density at radius 2 is 1.21 bits per heavy atom. The second kappa shape index (κ2) is 18.1. The van der Waals surface area contributed by atoms with Crippen molar-refractivity contribution in [2.45, 2.75) is 90.1 Å². The normalized spacial score (nSPS) is 20.9. The van der Waals surface area contributed by atoms with Crippen LogP contribution >= 0.6 is 0 Å². The summed E-state index contributed by atoms with van der Waals surface area (Å²) >= 11 is 0. The van der Waals surface area contributed by atoms with Gasteiger partial charge in [-0.2, -0.15) is 0 Å². The number of hydrogen-bond acceptors (Lipinski definition) is 8. The van der Waals surface area contributed by atoms with Gasteiger partial charge in [0.15, 0.2) is 17.7 Å². The van der Waals surface area contributed by atoms with Crippen LogP contribution in [0.3, 0.4) is 0 Å². The van der Waals surface area contributed by atoms with E-state index in [4.69, 9.17) is 14.2 Å². The highest BCUT2D eigenvalue weighted by Gasteiger charge is 2.35. The van der Waals surface area contributed by atoms with E-state index in [0.29, 0.717) is 17.0 Å². The number of esters is 3. The van der Waals surface area contributed by atoms with Gasteiger partial charge in [0.25, 0.3) is 0 Å². The first-order chi connectivity index (χ1) is 27.3. The third-order valence-electron chi connectivity index (χ3n) is 12.1. The van der Waals surface area contributed by atoms with Gasteiger partial charge >= 0.3 is 17.9 Å². The number of ketones is 2. The van der Waals surface area contributed by atoms with Gasteiger partial charge in [0.1, 0.15) is 12.4 Å². The molecular weight excluding hydrogens is 705 g/mol. The minimum absolute atomic E-state index is 0.109. The third kappa shape index (κ3) is 9.01. The topological polar surface area (TPSA) is 113 Å². The van der Waals surface area contributed by atoms with Gasteiger partial charge < -0.3 is 14.2 Å². The summed E-state index contributed by atoms with van der Waals surface area (Å²) in [5, 5.41) is 0. The van der Waals surface area contributed by atoms with Crippen molar-refractivity contribution in [2.75, 3.05) is 6.61 Å². The van der Waals surface area contributed by atoms with Crippen LogP contribution in [-0.2, 0) is 14.3 Å². The minimum Gasteiger partial charge on any atom is -0.458 e. The van der Waals surface area contributed by atoms with Gasteiger partial charge in [0.2, 0.25) is 0 Å². The molecule has 0 radical (unpaired) electrons. The zero-order chi connectivity index (χ0) is 39.0. The number of carbonyl (C=O) groups is 5. The summed E-state index contributed by atoms with van der Waals surface area (Å²) in [6.45, 7) is 2.12. The second-order valence-corrected chi connectivity index (χ2v) is 15.7. The lowest BCUT2D eigenvalue weighted by molar-refractivity contribution is -0.158. The molecule has 0 saturated heterocycles. The van der Waals surface area contributed by atoms with Crippen LogP contribution in [0.1, 0.15) is 148 Å². The van der Waals surface area contributed by atoms with E-state index >= 15 is 0 Å². The van der Waals surface area contributed by atoms with Crippen LogP contribution in [0.4, 0.5) is 0 Å². The van der Waals surface area contributed by atoms with E-state index < -0.39 is 18.0 Å². The van der Waals surface area contributed by atoms with Crippen molar-refractivity contribution < 1.29 is 38.2 Å². The van der Waals surface area contributed by atoms with E-state index in [1.165, 1.54) is 93.8 Å². The Hall–Kier alpha value is -5.37. The molecule has 1 unspecified atom stereocenters. The summed E-state index contributed by atoms with van der Waals surface area (Å²) in [7, 11) is 0. The zero-order valence-electron chi connectivity index (χ0n) is 32.1. The summed E-state index contributed by atoms with van der Waals surface area (Å²) in [5.41, 5.74) is 2.10. The molecule has 2 fully saturated rings. The van der Waals surface area contributed by atoms with Gasteiger partial charge in [-0.25, -0.2) is 9.59 Å². The van der Waals surface area contributed by atoms with Gasteiger partial charge in [-0.05, 0) is 104 Å². The van der Waals surface area contributed by atoms with Crippen LogP contribution < -0.4 is 4.74 Å². The molecule has 3 aliphatic rings. The van der Waals surface area contributed by atoms with Crippen molar-refractivity contribution in [3.8, 4) is 5.75 Å². The summed E-state index contributed by atoms with van der Waals surface area (Å²) < 4.78 is 17.3. The minimum atomic E-state index is -0.749. The van der Waals surface area contributed by atoms with E-state index in [-0.39, 0.29) is 58.1 Å². The molecule has 0 heterocycles. The number of ether oxygens (including phenoxy) is 3. The number of rotatable bonds is 13. The monoisotopic (exact) mass is 754 g/mol. The molecule has 4 aromatic rings. The fraction of sp³-hybridized carbons (Fsp3) is 0.396. The third-order valence-corrected chi connectivity index (χ3v) is 12.1. The molecule has 4 aromatic carbocycles. The average Bonchev–Trinajstić information content (AvgIpc) is 3.25. The first-order valence-corrected chi connectivity index (χ1v) is 20.4. The molecule has 2 saturated carbocycles. The van der Waals surface area contributed by atoms with Crippen LogP contribution in [0.5, 0.6) is 5.75 Å². The van der Waals surface area contributed by atoms with Crippen molar-refractivity contribution in [1.82, 2.24) is 0 Å². The van der Waals surface area contributed by atoms with Gasteiger partial charge in [0.05, 0.1) is 17.0 Å². The highest BCUT2D eigenvalue weighted by Crippen LogP contribution is 2.43. The van der Waals surface area contributed by atoms with Gasteiger partial charge in [-0.1, -0.05) is 100 Å². The van der Waals surface area contributed by atoms with E-state index in [0.717, 1.165) is 43.1 Å². The highest BCUT2D eigenvalue weighted by atomic mass is 16.6. The zero-order valence-corrected chi connectivity index (χ0v) is 32.1. The molecular formula is C48H50O8. The van der Waals surface area contributed by atoms with Crippen molar-refractivity contribution in [3.05, 3.63) is 136 Å². The van der Waals surface area contributed by atoms with Crippen LogP contribution in [-0.4, -0.2) is 36.1 Å². The van der Waals surface area contributed by atoms with Crippen molar-refractivity contribution in [1.29, 1.82) is 0 Å². The Balaban J connectivity index is 0.906. The molecule has 290 valence electrons. The summed E-state index contributed by atoms with van der Waals surface area (Å²) in [5.74, 6) is 0.210. The molecule has 0 spiro atoms. The molecule has 3 aliphatic carbocycles. The largest absolute Gasteiger partial charge is 0.458 e. The lowest BCUT2D eigenvalue weighted by Crippen LogP contribution is -2.30. The van der Waals surface area contributed by atoms with Gasteiger partial charge in [-0.15, -0.1) is 0 Å². The molecule has 7 rings (SSSR count). The SMILES string of the molecule is CCCCCC1CCC(C2CCC(C(=O)OC(COC(=O)c3ccc(OC(=O)c4ccc5c(c4)C(=O)c4ccccc4C5=O)cc3)c3ccccc3)CC2)CC1. The van der Waals surface area contributed by atoms with Crippen LogP contribution in [0.15, 0.2) is 97.1 Å². The Morgan fingerprint density at radius 1 is 0.625 bits per heavy atom. The highest BCUT2D eigenvalue weighted by molar-refractivity contribution is 6.28. The summed E-state index contributed by atoms with van der Waals surface area (Å²) in [4.78, 5) is 65.7. The van der Waals surface area contributed by atoms with E-state index in [9.17, 15) is 24.0 Å². The molecule has 0 N–H and O–H groups in total. The number of unbranched alkanes of at least 4 members (excludes halogenated alkanes) is 2. The fourth-order valence-electron chi connectivity index (χ4n) is 8.85. The first kappa shape index (κ1) is 38.9. The molecule has 0 amide bonds. The number of hydrogen-bond donors (Lipinski definition) is 0. The lowest BCUT2D eigenvalue weighted by Gasteiger charge is -2.37. The standard InChI is InChI=1S/C48H50O8/c1-2-3-5-10-31-15-17-32(18-16-31)33-19-21-36(22-20-33)47(52)56-43(34-11-6-4-7-12-34)30-54-46(51)35-23-26-38(27-24-35)55-48(53)37-25-28-41-42(29-37)45(50)40-14-9-8-13-39(40)44(41)49/h4,6-9,11-14,23-29,31-33,36,43H,2-3,5,10,15-22,30H2,1H3. The second-order valence-electron chi connectivity index (χ2n) is 15.7. The molecule has 0 aliphatic heterocycles. The van der Waals surface area contributed by atoms with Gasteiger partial charge in [0, 0.05) is 22.3 Å². The van der Waals surface area contributed by atoms with Crippen molar-refractivity contribution >= 4 is 29.5 Å². The summed E-state index contributed by atoms with van der Waals surface area (Å²) in [6.07, 6.45) is 13.8. The number of carbonyl (C=O) groups excluding carboxylic acids is 5. The Labute approximate surface area is 328 Å². The fourth-order valence-corrected chi connectivity index (χ4v) is 8.85. The van der Waals surface area contributed by atoms with E-state index in [2.05, 4.69) is 6.92 Å². The molecule has 1 atom stereocenters. The Bertz CT molecular complexity index is 2040. The Kier molecular flexibility index (Phi) is 12.5. The predicted molar refractivity (Wildman–Crippen MR) is 212 cm³/mol. The average molecular weight is 755 g/mol. The van der Waals surface area contributed by atoms with Gasteiger partial charge in [-0.3, -0.25) is 14.4 Å². The maximum atomic E-state index is 13.5. The Morgan fingerprint density at radius 3 is 1.88 bits per heavy atom. The summed E-state index contributed by atoms with van der Waals surface area (Å²) in [6, 6.07) is 26.1. The number of benzene rings is 4. The molecule has 0 aromatic heterocycles. The van der Waals surface area contributed by atoms with Crippen molar-refractivity contribution in [2.24, 2.45) is 23.7 Å². The van der Waals surface area contributed by atoms with Crippen molar-refractivity contribution in [3.63, 3.8) is 0 Å². The lowest BCUT2D eigenvalue weighted by atomic mass is 9.68. The molecule has 0 bridgehead atoms. The van der Waals surface area contributed by atoms with E-state index in [1.54, 1.807) is 24.3 Å². The quantitative estimate of drug-likeness (QED) is 0.0663. The molecule has 8 nitrogen and oxygen atoms in total. The van der Waals surface area contributed by atoms with Crippen LogP contribution in [0.25, 0.3) is 0 Å². The predicted octanol–water partition coefficient (Wildman–Crippen LogP) is 10.3. The maximum absolute atomic E-state index is 13.5. The smallest absolute Gasteiger partial charge is 0.343 e. The molecule has 8 heteroatoms. The van der Waals surface area contributed by atoms with Crippen LogP contribution in [0, 0.1) is 23.7 Å². The number of fused-ring (bicyclic) bond motifs is 2.